The van der Waals surface area contributed by atoms with E-state index in [9.17, 15) is 0 Å². The molecule has 0 aliphatic rings. The average Bonchev–Trinajstić information content (AvgIpc) is 3.26. The summed E-state index contributed by atoms with van der Waals surface area (Å²) >= 11 is 0. The van der Waals surface area contributed by atoms with Crippen molar-refractivity contribution in [1.29, 1.82) is 0 Å². The molecule has 7 aromatic rings. The van der Waals surface area contributed by atoms with Crippen molar-refractivity contribution in [2.75, 3.05) is 7.11 Å². The Morgan fingerprint density at radius 2 is 1.24 bits per heavy atom. The van der Waals surface area contributed by atoms with Gasteiger partial charge < -0.3 is 9.15 Å². The van der Waals surface area contributed by atoms with Gasteiger partial charge in [0.15, 0.2) is 0 Å². The van der Waals surface area contributed by atoms with Gasteiger partial charge in [-0.15, -0.1) is 0 Å². The standard InChI is InChI=1S/C31H20O2/c1-32-28-17-16-22(21-10-4-5-11-23(21)28)27-18-19-8-2-3-9-20(19)30-25(27)14-15-26-24-12-6-7-13-29(24)33-31(26)30/h2-18H,1H3. The summed E-state index contributed by atoms with van der Waals surface area (Å²) in [4.78, 5) is 0. The van der Waals surface area contributed by atoms with Gasteiger partial charge in [0, 0.05) is 21.5 Å². The third kappa shape index (κ3) is 2.55. The number of hydrogen-bond donors (Lipinski definition) is 0. The number of rotatable bonds is 2. The molecule has 0 saturated carbocycles. The number of fused-ring (bicyclic) bond motifs is 8. The monoisotopic (exact) mass is 424 g/mol. The highest BCUT2D eigenvalue weighted by Crippen LogP contribution is 2.44. The lowest BCUT2D eigenvalue weighted by Gasteiger charge is -2.15. The summed E-state index contributed by atoms with van der Waals surface area (Å²) in [6.45, 7) is 0. The van der Waals surface area contributed by atoms with Gasteiger partial charge >= 0.3 is 0 Å². The third-order valence-corrected chi connectivity index (χ3v) is 6.76. The molecule has 0 N–H and O–H groups in total. The Morgan fingerprint density at radius 1 is 0.545 bits per heavy atom. The van der Waals surface area contributed by atoms with E-state index in [0.29, 0.717) is 0 Å². The summed E-state index contributed by atoms with van der Waals surface area (Å²) in [5.74, 6) is 0.888. The van der Waals surface area contributed by atoms with Crippen LogP contribution in [-0.2, 0) is 0 Å². The zero-order valence-corrected chi connectivity index (χ0v) is 18.1. The lowest BCUT2D eigenvalue weighted by molar-refractivity contribution is 0.420. The predicted octanol–water partition coefficient (Wildman–Crippen LogP) is 8.72. The molecule has 2 nitrogen and oxygen atoms in total. The van der Waals surface area contributed by atoms with Crippen molar-refractivity contribution in [3.8, 4) is 16.9 Å². The summed E-state index contributed by atoms with van der Waals surface area (Å²) in [6.07, 6.45) is 0. The van der Waals surface area contributed by atoms with Gasteiger partial charge in [-0.25, -0.2) is 0 Å². The summed E-state index contributed by atoms with van der Waals surface area (Å²) < 4.78 is 12.1. The molecule has 0 unspecified atom stereocenters. The van der Waals surface area contributed by atoms with Gasteiger partial charge in [-0.1, -0.05) is 78.9 Å². The SMILES string of the molecule is COc1ccc(-c2cc3ccccc3c3c2ccc2c4ccccc4oc23)c2ccccc12. The zero-order chi connectivity index (χ0) is 21.9. The van der Waals surface area contributed by atoms with Crippen molar-refractivity contribution >= 4 is 54.3 Å². The van der Waals surface area contributed by atoms with Gasteiger partial charge in [-0.3, -0.25) is 0 Å². The molecule has 0 atom stereocenters. The molecular weight excluding hydrogens is 404 g/mol. The number of hydrogen-bond acceptors (Lipinski definition) is 2. The molecule has 156 valence electrons. The first kappa shape index (κ1) is 18.3. The van der Waals surface area contributed by atoms with Crippen LogP contribution in [0.25, 0.3) is 65.4 Å². The molecule has 33 heavy (non-hydrogen) atoms. The fourth-order valence-corrected chi connectivity index (χ4v) is 5.27. The van der Waals surface area contributed by atoms with Crippen LogP contribution in [0.2, 0.25) is 0 Å². The Hall–Kier alpha value is -4.30. The Kier molecular flexibility index (Phi) is 3.80. The molecular formula is C31H20O2. The molecule has 1 aromatic heterocycles. The van der Waals surface area contributed by atoms with Crippen LogP contribution in [0.5, 0.6) is 5.75 Å². The maximum absolute atomic E-state index is 6.47. The number of para-hydroxylation sites is 1. The molecule has 0 amide bonds. The lowest BCUT2D eigenvalue weighted by atomic mass is 9.89. The van der Waals surface area contributed by atoms with Crippen molar-refractivity contribution in [3.05, 3.63) is 103 Å². The summed E-state index contributed by atoms with van der Waals surface area (Å²) in [6, 6.07) is 36.3. The van der Waals surface area contributed by atoms with E-state index in [4.69, 9.17) is 9.15 Å². The number of methoxy groups -OCH3 is 1. The fraction of sp³-hybridized carbons (Fsp3) is 0.0323. The Balaban J connectivity index is 1.69. The minimum Gasteiger partial charge on any atom is -0.496 e. The molecule has 0 fully saturated rings. The molecule has 0 radical (unpaired) electrons. The molecule has 0 spiro atoms. The highest BCUT2D eigenvalue weighted by atomic mass is 16.5. The first-order valence-corrected chi connectivity index (χ1v) is 11.2. The van der Waals surface area contributed by atoms with Crippen molar-refractivity contribution in [3.63, 3.8) is 0 Å². The van der Waals surface area contributed by atoms with E-state index in [1.165, 1.54) is 32.7 Å². The Bertz CT molecular complexity index is 1860. The van der Waals surface area contributed by atoms with Crippen LogP contribution in [-0.4, -0.2) is 7.11 Å². The molecule has 6 aromatic carbocycles. The first-order chi connectivity index (χ1) is 16.3. The van der Waals surface area contributed by atoms with Crippen molar-refractivity contribution in [2.24, 2.45) is 0 Å². The van der Waals surface area contributed by atoms with Gasteiger partial charge in [0.25, 0.3) is 0 Å². The highest BCUT2D eigenvalue weighted by molar-refractivity contribution is 6.26. The van der Waals surface area contributed by atoms with Gasteiger partial charge in [0.1, 0.15) is 16.9 Å². The van der Waals surface area contributed by atoms with E-state index >= 15 is 0 Å². The molecule has 2 heteroatoms. The highest BCUT2D eigenvalue weighted by Gasteiger charge is 2.17. The average molecular weight is 424 g/mol. The number of furan rings is 1. The Labute approximate surface area is 190 Å². The summed E-state index contributed by atoms with van der Waals surface area (Å²) in [7, 11) is 1.73. The molecule has 0 bridgehead atoms. The normalized spacial score (nSPS) is 11.8. The lowest BCUT2D eigenvalue weighted by Crippen LogP contribution is -1.90. The largest absolute Gasteiger partial charge is 0.496 e. The second-order valence-electron chi connectivity index (χ2n) is 8.47. The zero-order valence-electron chi connectivity index (χ0n) is 18.1. The third-order valence-electron chi connectivity index (χ3n) is 6.76. The number of benzene rings is 6. The Morgan fingerprint density at radius 3 is 2.09 bits per heavy atom. The van der Waals surface area contributed by atoms with Crippen LogP contribution in [0.3, 0.4) is 0 Å². The van der Waals surface area contributed by atoms with Crippen LogP contribution in [0.15, 0.2) is 108 Å². The quantitative estimate of drug-likeness (QED) is 0.259. The maximum Gasteiger partial charge on any atom is 0.143 e. The summed E-state index contributed by atoms with van der Waals surface area (Å²) in [5, 5.41) is 9.36. The molecule has 0 saturated heterocycles. The van der Waals surface area contributed by atoms with E-state index in [0.717, 1.165) is 38.5 Å². The van der Waals surface area contributed by atoms with Gasteiger partial charge in [-0.2, -0.15) is 0 Å². The van der Waals surface area contributed by atoms with Crippen LogP contribution in [0, 0.1) is 0 Å². The van der Waals surface area contributed by atoms with E-state index in [-0.39, 0.29) is 0 Å². The van der Waals surface area contributed by atoms with Crippen molar-refractivity contribution in [1.82, 2.24) is 0 Å². The van der Waals surface area contributed by atoms with Gasteiger partial charge in [-0.05, 0) is 56.9 Å². The van der Waals surface area contributed by atoms with Crippen LogP contribution < -0.4 is 4.74 Å². The minimum absolute atomic E-state index is 0.888. The second kappa shape index (κ2) is 6.85. The van der Waals surface area contributed by atoms with Gasteiger partial charge in [0.2, 0.25) is 0 Å². The van der Waals surface area contributed by atoms with E-state index in [1.807, 2.05) is 12.1 Å². The molecule has 1 heterocycles. The topological polar surface area (TPSA) is 22.4 Å². The smallest absolute Gasteiger partial charge is 0.143 e. The van der Waals surface area contributed by atoms with Crippen LogP contribution >= 0.6 is 0 Å². The molecule has 7 rings (SSSR count). The van der Waals surface area contributed by atoms with E-state index in [2.05, 4.69) is 91.0 Å². The second-order valence-corrected chi connectivity index (χ2v) is 8.47. The molecule has 0 aliphatic carbocycles. The minimum atomic E-state index is 0.888. The molecule has 0 aliphatic heterocycles. The van der Waals surface area contributed by atoms with Crippen LogP contribution in [0.1, 0.15) is 0 Å². The maximum atomic E-state index is 6.47. The predicted molar refractivity (Wildman–Crippen MR) is 138 cm³/mol. The summed E-state index contributed by atoms with van der Waals surface area (Å²) in [5.41, 5.74) is 4.26. The fourth-order valence-electron chi connectivity index (χ4n) is 5.27. The van der Waals surface area contributed by atoms with Crippen molar-refractivity contribution in [2.45, 2.75) is 0 Å². The van der Waals surface area contributed by atoms with Crippen LogP contribution in [0.4, 0.5) is 0 Å². The van der Waals surface area contributed by atoms with E-state index < -0.39 is 0 Å². The first-order valence-electron chi connectivity index (χ1n) is 11.2. The number of ether oxygens (including phenoxy) is 1. The van der Waals surface area contributed by atoms with E-state index in [1.54, 1.807) is 7.11 Å². The van der Waals surface area contributed by atoms with Gasteiger partial charge in [0.05, 0.1) is 7.11 Å². The van der Waals surface area contributed by atoms with Crippen molar-refractivity contribution < 1.29 is 9.15 Å².